The van der Waals surface area contributed by atoms with Crippen molar-refractivity contribution in [2.45, 2.75) is 57.5 Å². The second kappa shape index (κ2) is 7.84. The lowest BCUT2D eigenvalue weighted by Gasteiger charge is -2.52. The summed E-state index contributed by atoms with van der Waals surface area (Å²) in [5, 5.41) is 13.0. The smallest absolute Gasteiger partial charge is 0.0558 e. The third kappa shape index (κ3) is 4.05. The molecule has 142 valence electrons. The summed E-state index contributed by atoms with van der Waals surface area (Å²) in [5.74, 6) is 0.753. The highest BCUT2D eigenvalue weighted by atomic mass is 16.3. The van der Waals surface area contributed by atoms with Gasteiger partial charge in [-0.2, -0.15) is 0 Å². The number of likely N-dealkylation sites (tertiary alicyclic amines) is 1. The second-order valence-electron chi connectivity index (χ2n) is 8.77. The molecular formula is C23H34N2O. The fourth-order valence-electron chi connectivity index (χ4n) is 5.23. The average molecular weight is 355 g/mol. The van der Waals surface area contributed by atoms with Crippen LogP contribution < -0.4 is 5.32 Å². The Morgan fingerprint density at radius 1 is 1.23 bits per heavy atom. The van der Waals surface area contributed by atoms with Crippen molar-refractivity contribution in [1.29, 1.82) is 0 Å². The first-order chi connectivity index (χ1) is 12.7. The number of hydrogen-bond donors (Lipinski definition) is 2. The maximum absolute atomic E-state index is 9.09. The summed E-state index contributed by atoms with van der Waals surface area (Å²) >= 11 is 0. The first-order valence-corrected chi connectivity index (χ1v) is 10.6. The Labute approximate surface area is 158 Å². The summed E-state index contributed by atoms with van der Waals surface area (Å²) < 4.78 is 0. The molecule has 4 rings (SSSR count). The molecule has 1 aromatic carbocycles. The first kappa shape index (κ1) is 18.2. The molecule has 1 spiro atoms. The van der Waals surface area contributed by atoms with Crippen molar-refractivity contribution >= 4 is 6.08 Å². The molecule has 2 aliphatic carbocycles. The van der Waals surface area contributed by atoms with Crippen LogP contribution >= 0.6 is 0 Å². The molecule has 3 aliphatic rings. The number of rotatable bonds is 7. The fraction of sp³-hybridized carbons (Fsp3) is 0.652. The Morgan fingerprint density at radius 3 is 2.62 bits per heavy atom. The Hall–Kier alpha value is -1.16. The van der Waals surface area contributed by atoms with Crippen LogP contribution in [0.3, 0.4) is 0 Å². The van der Waals surface area contributed by atoms with E-state index in [2.05, 4.69) is 53.5 Å². The lowest BCUT2D eigenvalue weighted by Crippen LogP contribution is -2.54. The summed E-state index contributed by atoms with van der Waals surface area (Å²) in [5.41, 5.74) is 3.56. The van der Waals surface area contributed by atoms with Gasteiger partial charge in [-0.05, 0) is 68.5 Å². The average Bonchev–Trinajstić information content (AvgIpc) is 3.40. The SMILES string of the molecule is CC/C(=C\c1ccccc1)[C@@H]1C[C@H]1NC1CC2(CCN(CCO)CC2)C1. The molecule has 0 bridgehead atoms. The minimum absolute atomic E-state index is 0.302. The molecule has 0 unspecified atom stereocenters. The van der Waals surface area contributed by atoms with Crippen molar-refractivity contribution < 1.29 is 5.11 Å². The van der Waals surface area contributed by atoms with Crippen molar-refractivity contribution in [2.24, 2.45) is 11.3 Å². The predicted molar refractivity (Wildman–Crippen MR) is 108 cm³/mol. The van der Waals surface area contributed by atoms with E-state index in [0.717, 1.165) is 24.9 Å². The number of aliphatic hydroxyl groups excluding tert-OH is 1. The van der Waals surface area contributed by atoms with Crippen molar-refractivity contribution in [3.05, 3.63) is 41.5 Å². The number of piperidine rings is 1. The highest BCUT2D eigenvalue weighted by molar-refractivity contribution is 5.54. The fourth-order valence-corrected chi connectivity index (χ4v) is 5.23. The normalized spacial score (nSPS) is 28.9. The second-order valence-corrected chi connectivity index (χ2v) is 8.77. The topological polar surface area (TPSA) is 35.5 Å². The van der Waals surface area contributed by atoms with E-state index >= 15 is 0 Å². The molecule has 0 amide bonds. The van der Waals surface area contributed by atoms with Crippen LogP contribution in [0, 0.1) is 11.3 Å². The van der Waals surface area contributed by atoms with Crippen molar-refractivity contribution in [2.75, 3.05) is 26.2 Å². The van der Waals surface area contributed by atoms with Gasteiger partial charge in [0, 0.05) is 18.6 Å². The van der Waals surface area contributed by atoms with Crippen molar-refractivity contribution in [3.8, 4) is 0 Å². The summed E-state index contributed by atoms with van der Waals surface area (Å²) in [7, 11) is 0. The Balaban J connectivity index is 1.23. The third-order valence-corrected chi connectivity index (χ3v) is 6.97. The van der Waals surface area contributed by atoms with Gasteiger partial charge in [-0.1, -0.05) is 48.9 Å². The van der Waals surface area contributed by atoms with Crippen molar-refractivity contribution in [3.63, 3.8) is 0 Å². The Kier molecular flexibility index (Phi) is 5.49. The molecule has 2 saturated carbocycles. The molecular weight excluding hydrogens is 320 g/mol. The van der Waals surface area contributed by atoms with E-state index in [-0.39, 0.29) is 0 Å². The van der Waals surface area contributed by atoms with Crippen LogP contribution in [-0.2, 0) is 0 Å². The van der Waals surface area contributed by atoms with Crippen LogP contribution in [0.5, 0.6) is 0 Å². The quantitative estimate of drug-likeness (QED) is 0.784. The highest BCUT2D eigenvalue weighted by Crippen LogP contribution is 2.50. The molecule has 0 aromatic heterocycles. The first-order valence-electron chi connectivity index (χ1n) is 10.6. The van der Waals surface area contributed by atoms with Crippen LogP contribution in [0.1, 0.15) is 51.0 Å². The lowest BCUT2D eigenvalue weighted by molar-refractivity contribution is 0.00146. The van der Waals surface area contributed by atoms with E-state index in [9.17, 15) is 0 Å². The number of aliphatic hydroxyl groups is 1. The lowest BCUT2D eigenvalue weighted by atomic mass is 9.60. The van der Waals surface area contributed by atoms with Gasteiger partial charge < -0.3 is 15.3 Å². The van der Waals surface area contributed by atoms with E-state index in [0.29, 0.717) is 18.1 Å². The molecule has 1 saturated heterocycles. The summed E-state index contributed by atoms with van der Waals surface area (Å²) in [6.07, 6.45) is 10.3. The Morgan fingerprint density at radius 2 is 1.96 bits per heavy atom. The van der Waals surface area contributed by atoms with Gasteiger partial charge in [-0.3, -0.25) is 0 Å². The molecule has 0 radical (unpaired) electrons. The molecule has 1 heterocycles. The van der Waals surface area contributed by atoms with Gasteiger partial charge in [0.25, 0.3) is 0 Å². The van der Waals surface area contributed by atoms with Crippen LogP contribution in [-0.4, -0.2) is 48.3 Å². The van der Waals surface area contributed by atoms with Gasteiger partial charge in [-0.25, -0.2) is 0 Å². The third-order valence-electron chi connectivity index (χ3n) is 6.97. The summed E-state index contributed by atoms with van der Waals surface area (Å²) in [6, 6.07) is 12.2. The van der Waals surface area contributed by atoms with Crippen LogP contribution in [0.2, 0.25) is 0 Å². The van der Waals surface area contributed by atoms with E-state index in [1.165, 1.54) is 50.8 Å². The highest BCUT2D eigenvalue weighted by Gasteiger charge is 2.49. The van der Waals surface area contributed by atoms with Gasteiger partial charge >= 0.3 is 0 Å². The molecule has 3 heteroatoms. The van der Waals surface area contributed by atoms with Gasteiger partial charge in [0.2, 0.25) is 0 Å². The molecule has 3 fully saturated rings. The largest absolute Gasteiger partial charge is 0.395 e. The van der Waals surface area contributed by atoms with E-state index in [1.54, 1.807) is 5.57 Å². The minimum Gasteiger partial charge on any atom is -0.395 e. The van der Waals surface area contributed by atoms with Gasteiger partial charge in [-0.15, -0.1) is 0 Å². The zero-order valence-electron chi connectivity index (χ0n) is 16.2. The predicted octanol–water partition coefficient (Wildman–Crippen LogP) is 3.70. The van der Waals surface area contributed by atoms with E-state index in [4.69, 9.17) is 5.11 Å². The van der Waals surface area contributed by atoms with Crippen LogP contribution in [0.15, 0.2) is 35.9 Å². The molecule has 26 heavy (non-hydrogen) atoms. The molecule has 1 aliphatic heterocycles. The van der Waals surface area contributed by atoms with E-state index in [1.807, 2.05) is 0 Å². The summed E-state index contributed by atoms with van der Waals surface area (Å²) in [4.78, 5) is 2.42. The molecule has 3 nitrogen and oxygen atoms in total. The summed E-state index contributed by atoms with van der Waals surface area (Å²) in [6.45, 7) is 5.81. The number of benzene rings is 1. The van der Waals surface area contributed by atoms with Gasteiger partial charge in [0.15, 0.2) is 0 Å². The molecule has 2 N–H and O–H groups in total. The zero-order valence-corrected chi connectivity index (χ0v) is 16.2. The van der Waals surface area contributed by atoms with Crippen molar-refractivity contribution in [1.82, 2.24) is 10.2 Å². The standard InChI is InChI=1S/C23H34N2O/c1-2-19(14-18-6-4-3-5-7-18)21-15-22(21)24-20-16-23(17-20)8-10-25(11-9-23)12-13-26/h3-7,14,20-22,24,26H,2,8-13,15-17H2,1H3/b19-14+/t21-,22+/m0/s1. The van der Waals surface area contributed by atoms with Crippen LogP contribution in [0.25, 0.3) is 6.08 Å². The van der Waals surface area contributed by atoms with E-state index < -0.39 is 0 Å². The number of hydrogen-bond acceptors (Lipinski definition) is 3. The maximum atomic E-state index is 9.09. The number of nitrogens with zero attached hydrogens (tertiary/aromatic N) is 1. The minimum atomic E-state index is 0.302. The molecule has 1 aromatic rings. The monoisotopic (exact) mass is 354 g/mol. The Bertz CT molecular complexity index is 610. The maximum Gasteiger partial charge on any atom is 0.0558 e. The van der Waals surface area contributed by atoms with Crippen LogP contribution in [0.4, 0.5) is 0 Å². The zero-order chi connectivity index (χ0) is 18.0. The number of nitrogens with one attached hydrogen (secondary N) is 1. The van der Waals surface area contributed by atoms with Gasteiger partial charge in [0.05, 0.1) is 6.61 Å². The van der Waals surface area contributed by atoms with Gasteiger partial charge in [0.1, 0.15) is 0 Å². The molecule has 2 atom stereocenters. The number of β-amino-alcohol motifs (C(OH)–C–C–N with tert-alkyl or cyclic N) is 1.